The highest BCUT2D eigenvalue weighted by Crippen LogP contribution is 2.18. The predicted octanol–water partition coefficient (Wildman–Crippen LogP) is 1.46. The van der Waals surface area contributed by atoms with Gasteiger partial charge >= 0.3 is 0 Å². The summed E-state index contributed by atoms with van der Waals surface area (Å²) in [6, 6.07) is 7.69. The van der Waals surface area contributed by atoms with E-state index in [0.29, 0.717) is 36.3 Å². The number of hydrogen-bond donors (Lipinski definition) is 1. The number of benzene rings is 1. The minimum atomic E-state index is -0.0433. The number of nitrogens with zero attached hydrogens (tertiary/aromatic N) is 2. The Kier molecular flexibility index (Phi) is 3.50. The third-order valence-corrected chi connectivity index (χ3v) is 3.48. The average Bonchev–Trinajstić information content (AvgIpc) is 3.25. The summed E-state index contributed by atoms with van der Waals surface area (Å²) in [5.41, 5.74) is 0.665. The van der Waals surface area contributed by atoms with Crippen molar-refractivity contribution in [1.29, 1.82) is 0 Å². The number of amides is 1. The van der Waals surface area contributed by atoms with E-state index in [-0.39, 0.29) is 11.5 Å². The molecule has 0 aliphatic heterocycles. The molecule has 1 amide bonds. The Bertz CT molecular complexity index is 689. The van der Waals surface area contributed by atoms with Gasteiger partial charge in [0.15, 0.2) is 0 Å². The monoisotopic (exact) mass is 271 g/mol. The lowest BCUT2D eigenvalue weighted by Gasteiger charge is -2.06. The molecule has 0 radical (unpaired) electrons. The molecule has 1 aliphatic rings. The highest BCUT2D eigenvalue weighted by atomic mass is 16.1. The summed E-state index contributed by atoms with van der Waals surface area (Å²) in [5, 5.41) is 3.57. The van der Waals surface area contributed by atoms with Crippen LogP contribution in [0.3, 0.4) is 0 Å². The fraction of sp³-hybridized carbons (Fsp3) is 0.400. The van der Waals surface area contributed by atoms with Crippen molar-refractivity contribution in [2.24, 2.45) is 0 Å². The zero-order valence-corrected chi connectivity index (χ0v) is 11.2. The van der Waals surface area contributed by atoms with E-state index in [1.165, 1.54) is 0 Å². The Hall–Kier alpha value is -2.17. The van der Waals surface area contributed by atoms with Gasteiger partial charge in [-0.25, -0.2) is 4.98 Å². The van der Waals surface area contributed by atoms with Crippen molar-refractivity contribution in [3.63, 3.8) is 0 Å². The number of fused-ring (bicyclic) bond motifs is 1. The lowest BCUT2D eigenvalue weighted by atomic mass is 10.2. The molecule has 5 heteroatoms. The van der Waals surface area contributed by atoms with Gasteiger partial charge in [0.2, 0.25) is 5.91 Å². The molecule has 3 rings (SSSR count). The lowest BCUT2D eigenvalue weighted by molar-refractivity contribution is -0.121. The van der Waals surface area contributed by atoms with Crippen molar-refractivity contribution < 1.29 is 4.79 Å². The van der Waals surface area contributed by atoms with Crippen LogP contribution in [0.1, 0.15) is 25.7 Å². The van der Waals surface area contributed by atoms with Gasteiger partial charge in [-0.1, -0.05) is 12.1 Å². The summed E-state index contributed by atoms with van der Waals surface area (Å²) in [7, 11) is 0. The summed E-state index contributed by atoms with van der Waals surface area (Å²) >= 11 is 0. The molecule has 1 saturated carbocycles. The van der Waals surface area contributed by atoms with Gasteiger partial charge in [-0.2, -0.15) is 0 Å². The maximum absolute atomic E-state index is 12.2. The van der Waals surface area contributed by atoms with E-state index in [9.17, 15) is 9.59 Å². The fourth-order valence-electron chi connectivity index (χ4n) is 2.20. The predicted molar refractivity (Wildman–Crippen MR) is 76.4 cm³/mol. The SMILES string of the molecule is O=C(CCCn1cnc2ccccc2c1=O)NC1CC1. The van der Waals surface area contributed by atoms with Crippen LogP contribution in [0.2, 0.25) is 0 Å². The van der Waals surface area contributed by atoms with Crippen molar-refractivity contribution >= 4 is 16.8 Å². The van der Waals surface area contributed by atoms with E-state index < -0.39 is 0 Å². The van der Waals surface area contributed by atoms with Gasteiger partial charge in [-0.3, -0.25) is 14.2 Å². The molecule has 20 heavy (non-hydrogen) atoms. The normalized spacial score (nSPS) is 14.4. The molecule has 1 N–H and O–H groups in total. The third kappa shape index (κ3) is 2.87. The second-order valence-corrected chi connectivity index (χ2v) is 5.21. The topological polar surface area (TPSA) is 64.0 Å². The molecule has 104 valence electrons. The molecule has 1 heterocycles. The molecule has 5 nitrogen and oxygen atoms in total. The van der Waals surface area contributed by atoms with Crippen molar-refractivity contribution in [3.8, 4) is 0 Å². The van der Waals surface area contributed by atoms with E-state index in [0.717, 1.165) is 12.8 Å². The van der Waals surface area contributed by atoms with Crippen LogP contribution in [0, 0.1) is 0 Å². The number of aromatic nitrogens is 2. The molecule has 0 saturated heterocycles. The molecule has 0 spiro atoms. The minimum absolute atomic E-state index is 0.0433. The first-order chi connectivity index (χ1) is 9.74. The molecule has 0 unspecified atom stereocenters. The van der Waals surface area contributed by atoms with Crippen LogP contribution in [0.5, 0.6) is 0 Å². The first-order valence-electron chi connectivity index (χ1n) is 6.97. The van der Waals surface area contributed by atoms with Gasteiger partial charge in [0, 0.05) is 19.0 Å². The van der Waals surface area contributed by atoms with Crippen LogP contribution in [0.25, 0.3) is 10.9 Å². The maximum atomic E-state index is 12.2. The summed E-state index contributed by atoms with van der Waals surface area (Å²) in [6.45, 7) is 0.523. The molecular weight excluding hydrogens is 254 g/mol. The standard InChI is InChI=1S/C15H17N3O2/c19-14(17-11-7-8-11)6-3-9-18-10-16-13-5-2-1-4-12(13)15(18)20/h1-2,4-5,10-11H,3,6-9H2,(H,17,19). The molecule has 2 aromatic rings. The Morgan fingerprint density at radius 3 is 2.95 bits per heavy atom. The highest BCUT2D eigenvalue weighted by molar-refractivity contribution is 5.77. The molecule has 0 atom stereocenters. The van der Waals surface area contributed by atoms with Crippen LogP contribution < -0.4 is 10.9 Å². The largest absolute Gasteiger partial charge is 0.353 e. The number of rotatable bonds is 5. The minimum Gasteiger partial charge on any atom is -0.353 e. The van der Waals surface area contributed by atoms with Gasteiger partial charge in [-0.15, -0.1) is 0 Å². The van der Waals surface area contributed by atoms with Gasteiger partial charge in [-0.05, 0) is 31.4 Å². The molecular formula is C15H17N3O2. The van der Waals surface area contributed by atoms with Crippen LogP contribution >= 0.6 is 0 Å². The highest BCUT2D eigenvalue weighted by Gasteiger charge is 2.22. The summed E-state index contributed by atoms with van der Waals surface area (Å²) in [6.07, 6.45) is 4.86. The van der Waals surface area contributed by atoms with E-state index in [1.54, 1.807) is 17.0 Å². The van der Waals surface area contributed by atoms with Gasteiger partial charge in [0.05, 0.1) is 17.2 Å². The van der Waals surface area contributed by atoms with Crippen LogP contribution in [-0.2, 0) is 11.3 Å². The lowest BCUT2D eigenvalue weighted by Crippen LogP contribution is -2.26. The molecule has 1 aromatic carbocycles. The number of nitrogens with one attached hydrogen (secondary N) is 1. The maximum Gasteiger partial charge on any atom is 0.261 e. The van der Waals surface area contributed by atoms with Crippen LogP contribution in [0.4, 0.5) is 0 Å². The van der Waals surface area contributed by atoms with Crippen molar-refractivity contribution in [1.82, 2.24) is 14.9 Å². The van der Waals surface area contributed by atoms with Gasteiger partial charge in [0.25, 0.3) is 5.56 Å². The Labute approximate surface area is 116 Å². The quantitative estimate of drug-likeness (QED) is 0.895. The zero-order chi connectivity index (χ0) is 13.9. The van der Waals surface area contributed by atoms with Crippen LogP contribution in [0.15, 0.2) is 35.4 Å². The van der Waals surface area contributed by atoms with Crippen molar-refractivity contribution in [2.45, 2.75) is 38.3 Å². The van der Waals surface area contributed by atoms with Crippen LogP contribution in [-0.4, -0.2) is 21.5 Å². The van der Waals surface area contributed by atoms with E-state index in [2.05, 4.69) is 10.3 Å². The first-order valence-corrected chi connectivity index (χ1v) is 6.97. The Morgan fingerprint density at radius 2 is 2.15 bits per heavy atom. The van der Waals surface area contributed by atoms with E-state index in [1.807, 2.05) is 18.2 Å². The Balaban J connectivity index is 1.63. The number of aryl methyl sites for hydroxylation is 1. The smallest absolute Gasteiger partial charge is 0.261 e. The number of hydrogen-bond acceptors (Lipinski definition) is 3. The second-order valence-electron chi connectivity index (χ2n) is 5.21. The molecule has 0 bridgehead atoms. The number of para-hydroxylation sites is 1. The zero-order valence-electron chi connectivity index (χ0n) is 11.2. The summed E-state index contributed by atoms with van der Waals surface area (Å²) in [5.74, 6) is 0.0781. The number of carbonyl (C=O) groups excluding carboxylic acids is 1. The molecule has 1 aliphatic carbocycles. The van der Waals surface area contributed by atoms with E-state index in [4.69, 9.17) is 0 Å². The molecule has 1 aromatic heterocycles. The first kappa shape index (κ1) is 12.8. The van der Waals surface area contributed by atoms with Gasteiger partial charge in [0.1, 0.15) is 0 Å². The molecule has 1 fully saturated rings. The second kappa shape index (κ2) is 5.45. The van der Waals surface area contributed by atoms with Crippen molar-refractivity contribution in [2.75, 3.05) is 0 Å². The van der Waals surface area contributed by atoms with Crippen molar-refractivity contribution in [3.05, 3.63) is 40.9 Å². The Morgan fingerprint density at radius 1 is 1.35 bits per heavy atom. The summed E-state index contributed by atoms with van der Waals surface area (Å²) < 4.78 is 1.58. The summed E-state index contributed by atoms with van der Waals surface area (Å²) in [4.78, 5) is 28.0. The number of carbonyl (C=O) groups is 1. The van der Waals surface area contributed by atoms with Gasteiger partial charge < -0.3 is 5.32 Å². The fourth-order valence-corrected chi connectivity index (χ4v) is 2.20. The average molecular weight is 271 g/mol. The van der Waals surface area contributed by atoms with E-state index >= 15 is 0 Å². The third-order valence-electron chi connectivity index (χ3n) is 3.48.